The van der Waals surface area contributed by atoms with E-state index >= 15 is 0 Å². The number of hydrogen-bond donors (Lipinski definition) is 1. The molecule has 0 saturated heterocycles. The smallest absolute Gasteiger partial charge is 0.245 e. The average molecular weight is 469 g/mol. The van der Waals surface area contributed by atoms with Gasteiger partial charge in [-0.1, -0.05) is 12.1 Å². The lowest BCUT2D eigenvalue weighted by atomic mass is 9.48. The Kier molecular flexibility index (Phi) is 5.63. The summed E-state index contributed by atoms with van der Waals surface area (Å²) in [5.74, 6) is 2.90. The van der Waals surface area contributed by atoms with E-state index in [2.05, 4.69) is 17.4 Å². The third-order valence-electron chi connectivity index (χ3n) is 7.87. The van der Waals surface area contributed by atoms with Gasteiger partial charge in [0.25, 0.3) is 0 Å². The molecule has 2 aromatic carbocycles. The summed E-state index contributed by atoms with van der Waals surface area (Å²) < 4.78 is 30.9. The summed E-state index contributed by atoms with van der Waals surface area (Å²) in [6, 6.07) is 14.9. The molecule has 1 amide bonds. The number of benzene rings is 2. The van der Waals surface area contributed by atoms with Gasteiger partial charge in [-0.05, 0) is 104 Å². The van der Waals surface area contributed by atoms with Gasteiger partial charge >= 0.3 is 0 Å². The Balaban J connectivity index is 1.27. The molecule has 4 aliphatic carbocycles. The highest BCUT2D eigenvalue weighted by molar-refractivity contribution is 7.92. The lowest BCUT2D eigenvalue weighted by molar-refractivity contribution is -0.114. The Labute approximate surface area is 196 Å². The van der Waals surface area contributed by atoms with Crippen molar-refractivity contribution in [3.8, 4) is 5.75 Å². The van der Waals surface area contributed by atoms with Crippen LogP contribution in [0.5, 0.6) is 5.75 Å². The van der Waals surface area contributed by atoms with Crippen molar-refractivity contribution in [2.75, 3.05) is 29.5 Å². The molecular weight excluding hydrogens is 436 g/mol. The molecule has 0 atom stereocenters. The zero-order chi connectivity index (χ0) is 23.2. The van der Waals surface area contributed by atoms with Crippen molar-refractivity contribution in [1.29, 1.82) is 0 Å². The van der Waals surface area contributed by atoms with Gasteiger partial charge in [0.05, 0.1) is 19.1 Å². The molecule has 33 heavy (non-hydrogen) atoms. The highest BCUT2D eigenvalue weighted by atomic mass is 32.2. The number of sulfonamides is 1. The molecule has 6 rings (SSSR count). The number of nitrogens with zero attached hydrogens (tertiary/aromatic N) is 1. The Bertz CT molecular complexity index is 1090. The van der Waals surface area contributed by atoms with Crippen molar-refractivity contribution < 1.29 is 17.9 Å². The van der Waals surface area contributed by atoms with Gasteiger partial charge in [0.1, 0.15) is 12.3 Å². The number of anilines is 2. The number of rotatable bonds is 7. The molecule has 0 aliphatic heterocycles. The third-order valence-corrected chi connectivity index (χ3v) is 9.01. The van der Waals surface area contributed by atoms with Gasteiger partial charge in [0, 0.05) is 5.69 Å². The van der Waals surface area contributed by atoms with E-state index in [1.807, 2.05) is 12.1 Å². The van der Waals surface area contributed by atoms with E-state index in [-0.39, 0.29) is 12.5 Å². The molecule has 176 valence electrons. The number of carbonyl (C=O) groups excluding carboxylic acids is 1. The fourth-order valence-corrected chi connectivity index (χ4v) is 7.71. The molecule has 4 aliphatic rings. The van der Waals surface area contributed by atoms with Crippen LogP contribution in [0.1, 0.15) is 44.1 Å². The lowest BCUT2D eigenvalue weighted by Crippen LogP contribution is -2.48. The molecule has 4 bridgehead atoms. The minimum atomic E-state index is -3.63. The van der Waals surface area contributed by atoms with Crippen LogP contribution in [-0.2, 0) is 20.2 Å². The average Bonchev–Trinajstić information content (AvgIpc) is 2.76. The zero-order valence-corrected chi connectivity index (χ0v) is 20.1. The van der Waals surface area contributed by atoms with Crippen LogP contribution < -0.4 is 14.4 Å². The number of carbonyl (C=O) groups is 1. The quantitative estimate of drug-likeness (QED) is 0.646. The van der Waals surface area contributed by atoms with Crippen molar-refractivity contribution in [2.45, 2.75) is 43.9 Å². The predicted molar refractivity (Wildman–Crippen MR) is 130 cm³/mol. The van der Waals surface area contributed by atoms with E-state index in [1.165, 1.54) is 44.1 Å². The first-order valence-corrected chi connectivity index (χ1v) is 13.6. The Hall–Kier alpha value is -2.54. The molecule has 2 aromatic rings. The van der Waals surface area contributed by atoms with E-state index in [0.29, 0.717) is 22.5 Å². The Morgan fingerprint density at radius 1 is 0.970 bits per heavy atom. The number of hydrogen-bond acceptors (Lipinski definition) is 4. The Morgan fingerprint density at radius 2 is 1.52 bits per heavy atom. The molecule has 7 heteroatoms. The van der Waals surface area contributed by atoms with Crippen molar-refractivity contribution >= 4 is 27.3 Å². The van der Waals surface area contributed by atoms with Crippen molar-refractivity contribution in [3.05, 3.63) is 54.1 Å². The zero-order valence-electron chi connectivity index (χ0n) is 19.3. The van der Waals surface area contributed by atoms with E-state index < -0.39 is 10.0 Å². The number of methoxy groups -OCH3 is 1. The van der Waals surface area contributed by atoms with Crippen LogP contribution in [0.2, 0.25) is 0 Å². The first kappa shape index (κ1) is 22.3. The van der Waals surface area contributed by atoms with Crippen LogP contribution in [0, 0.1) is 17.8 Å². The molecule has 6 nitrogen and oxygen atoms in total. The van der Waals surface area contributed by atoms with Gasteiger partial charge in [-0.25, -0.2) is 8.42 Å². The monoisotopic (exact) mass is 468 g/mol. The van der Waals surface area contributed by atoms with Gasteiger partial charge in [-0.2, -0.15) is 0 Å². The van der Waals surface area contributed by atoms with Crippen molar-refractivity contribution in [2.24, 2.45) is 17.8 Å². The standard InChI is InChI=1S/C26H32N2O4S/c1-32-24-9-7-23(8-10-24)28(33(2,30)31)17-25(29)27-22-5-3-21(4-6-22)26-14-18-11-19(15-26)13-20(12-18)16-26/h3-10,18-20H,11-17H2,1-2H3,(H,27,29). The fourth-order valence-electron chi connectivity index (χ4n) is 6.85. The molecule has 4 saturated carbocycles. The van der Waals surface area contributed by atoms with Crippen LogP contribution in [0.25, 0.3) is 0 Å². The molecule has 0 unspecified atom stereocenters. The molecule has 0 radical (unpaired) electrons. The minimum absolute atomic E-state index is 0.290. The van der Waals surface area contributed by atoms with E-state index in [4.69, 9.17) is 4.74 Å². The van der Waals surface area contributed by atoms with Crippen molar-refractivity contribution in [3.63, 3.8) is 0 Å². The molecular formula is C26H32N2O4S. The minimum Gasteiger partial charge on any atom is -0.497 e. The van der Waals surface area contributed by atoms with Crippen LogP contribution in [0.3, 0.4) is 0 Å². The molecule has 0 heterocycles. The van der Waals surface area contributed by atoms with Gasteiger partial charge in [0.15, 0.2) is 0 Å². The second-order valence-electron chi connectivity index (χ2n) is 10.3. The van der Waals surface area contributed by atoms with Crippen molar-refractivity contribution in [1.82, 2.24) is 0 Å². The van der Waals surface area contributed by atoms with Crippen LogP contribution in [0.15, 0.2) is 48.5 Å². The highest BCUT2D eigenvalue weighted by Gasteiger charge is 2.51. The highest BCUT2D eigenvalue weighted by Crippen LogP contribution is 2.60. The predicted octanol–water partition coefficient (Wildman–Crippen LogP) is 4.57. The fraction of sp³-hybridized carbons (Fsp3) is 0.500. The maximum atomic E-state index is 12.7. The largest absolute Gasteiger partial charge is 0.497 e. The number of ether oxygens (including phenoxy) is 1. The number of amides is 1. The maximum absolute atomic E-state index is 12.7. The summed E-state index contributed by atoms with van der Waals surface area (Å²) in [6.07, 6.45) is 9.25. The van der Waals surface area contributed by atoms with Crippen LogP contribution in [-0.4, -0.2) is 34.2 Å². The number of nitrogens with one attached hydrogen (secondary N) is 1. The second-order valence-corrected chi connectivity index (χ2v) is 12.2. The van der Waals surface area contributed by atoms with Gasteiger partial charge in [-0.15, -0.1) is 0 Å². The van der Waals surface area contributed by atoms with E-state index in [0.717, 1.165) is 28.3 Å². The van der Waals surface area contributed by atoms with Gasteiger partial charge in [0.2, 0.25) is 15.9 Å². The van der Waals surface area contributed by atoms with Crippen LogP contribution >= 0.6 is 0 Å². The molecule has 1 N–H and O–H groups in total. The van der Waals surface area contributed by atoms with E-state index in [9.17, 15) is 13.2 Å². The second kappa shape index (κ2) is 8.35. The van der Waals surface area contributed by atoms with Gasteiger partial charge < -0.3 is 10.1 Å². The summed E-state index contributed by atoms with van der Waals surface area (Å²) in [5, 5.41) is 2.87. The summed E-state index contributed by atoms with van der Waals surface area (Å²) >= 11 is 0. The van der Waals surface area contributed by atoms with Gasteiger partial charge in [-0.3, -0.25) is 9.10 Å². The molecule has 4 fully saturated rings. The van der Waals surface area contributed by atoms with Crippen LogP contribution in [0.4, 0.5) is 11.4 Å². The normalized spacial score (nSPS) is 27.9. The molecule has 0 aromatic heterocycles. The topological polar surface area (TPSA) is 75.7 Å². The first-order valence-electron chi connectivity index (χ1n) is 11.8. The summed E-state index contributed by atoms with van der Waals surface area (Å²) in [4.78, 5) is 12.7. The SMILES string of the molecule is COc1ccc(N(CC(=O)Nc2ccc(C34CC5CC(CC(C5)C3)C4)cc2)S(C)(=O)=O)cc1. The molecule has 0 spiro atoms. The first-order chi connectivity index (χ1) is 15.7. The van der Waals surface area contributed by atoms with E-state index in [1.54, 1.807) is 31.4 Å². The summed E-state index contributed by atoms with van der Waals surface area (Å²) in [7, 11) is -2.08. The Morgan fingerprint density at radius 3 is 2.00 bits per heavy atom. The third kappa shape index (κ3) is 4.47. The summed E-state index contributed by atoms with van der Waals surface area (Å²) in [5.41, 5.74) is 2.83. The summed E-state index contributed by atoms with van der Waals surface area (Å²) in [6.45, 7) is -0.290. The maximum Gasteiger partial charge on any atom is 0.245 e. The lowest BCUT2D eigenvalue weighted by Gasteiger charge is -2.57.